The number of carbonyl (C=O) groups is 1. The number of amides is 1. The number of halogens is 2. The number of thioether (sulfide) groups is 1. The van der Waals surface area contributed by atoms with E-state index in [4.69, 9.17) is 23.2 Å². The summed E-state index contributed by atoms with van der Waals surface area (Å²) in [6.45, 7) is 6.53. The molecule has 1 unspecified atom stereocenters. The standard InChI is InChI=1S/C21H21Cl2N3OS/c1-21(2,3)15-6-4-13(5-7-15)12-24-26-20-25-19(27)18(28-20)11-14-10-16(22)8-9-17(14)23/h4-10,12,18H,11H2,1-3H3,(H,25,26,27)/b24-12+. The van der Waals surface area contributed by atoms with Crippen molar-refractivity contribution in [1.82, 2.24) is 5.32 Å². The van der Waals surface area contributed by atoms with Crippen molar-refractivity contribution in [2.75, 3.05) is 0 Å². The molecule has 146 valence electrons. The van der Waals surface area contributed by atoms with Gasteiger partial charge in [0.05, 0.1) is 11.5 Å². The van der Waals surface area contributed by atoms with E-state index >= 15 is 0 Å². The second-order valence-corrected chi connectivity index (χ2v) is 9.59. The van der Waals surface area contributed by atoms with Gasteiger partial charge >= 0.3 is 0 Å². The molecule has 0 aliphatic carbocycles. The molecule has 1 saturated heterocycles. The van der Waals surface area contributed by atoms with Crippen molar-refractivity contribution in [1.29, 1.82) is 0 Å². The van der Waals surface area contributed by atoms with Gasteiger partial charge in [-0.2, -0.15) is 5.10 Å². The lowest BCUT2D eigenvalue weighted by atomic mass is 9.87. The molecule has 1 aliphatic heterocycles. The lowest BCUT2D eigenvalue weighted by Gasteiger charge is -2.18. The Morgan fingerprint density at radius 3 is 2.54 bits per heavy atom. The molecule has 4 nitrogen and oxygen atoms in total. The number of hydrogen-bond donors (Lipinski definition) is 1. The maximum Gasteiger partial charge on any atom is 0.239 e. The van der Waals surface area contributed by atoms with Crippen molar-refractivity contribution in [3.8, 4) is 0 Å². The molecule has 0 bridgehead atoms. The van der Waals surface area contributed by atoms with Gasteiger partial charge in [0.15, 0.2) is 5.17 Å². The van der Waals surface area contributed by atoms with E-state index in [1.54, 1.807) is 24.4 Å². The molecule has 0 saturated carbocycles. The highest BCUT2D eigenvalue weighted by molar-refractivity contribution is 8.15. The summed E-state index contributed by atoms with van der Waals surface area (Å²) in [4.78, 5) is 12.2. The van der Waals surface area contributed by atoms with Crippen LogP contribution < -0.4 is 5.32 Å². The van der Waals surface area contributed by atoms with Crippen LogP contribution in [-0.4, -0.2) is 22.5 Å². The molecule has 7 heteroatoms. The molecular formula is C21H21Cl2N3OS. The Bertz CT molecular complexity index is 934. The molecule has 2 aromatic rings. The van der Waals surface area contributed by atoms with E-state index in [0.717, 1.165) is 11.1 Å². The third-order valence-electron chi connectivity index (χ3n) is 4.32. The Hall–Kier alpha value is -1.82. The van der Waals surface area contributed by atoms with Gasteiger partial charge in [-0.3, -0.25) is 4.79 Å². The molecule has 3 rings (SSSR count). The third kappa shape index (κ3) is 5.37. The molecule has 1 fully saturated rings. The van der Waals surface area contributed by atoms with Gasteiger partial charge in [0.2, 0.25) is 5.91 Å². The highest BCUT2D eigenvalue weighted by Gasteiger charge is 2.31. The van der Waals surface area contributed by atoms with Crippen molar-refractivity contribution in [2.45, 2.75) is 37.9 Å². The van der Waals surface area contributed by atoms with Crippen LogP contribution in [0.2, 0.25) is 10.0 Å². The first kappa shape index (κ1) is 20.9. The van der Waals surface area contributed by atoms with Crippen LogP contribution in [0.25, 0.3) is 0 Å². The number of nitrogens with zero attached hydrogens (tertiary/aromatic N) is 2. The zero-order valence-electron chi connectivity index (χ0n) is 15.9. The fourth-order valence-corrected chi connectivity index (χ4v) is 4.04. The lowest BCUT2D eigenvalue weighted by Crippen LogP contribution is -2.26. The van der Waals surface area contributed by atoms with Crippen LogP contribution in [0.15, 0.2) is 52.7 Å². The molecular weight excluding hydrogens is 413 g/mol. The number of amidine groups is 1. The molecule has 2 aromatic carbocycles. The maximum atomic E-state index is 12.2. The van der Waals surface area contributed by atoms with Crippen molar-refractivity contribution in [3.63, 3.8) is 0 Å². The molecule has 28 heavy (non-hydrogen) atoms. The molecule has 0 radical (unpaired) electrons. The summed E-state index contributed by atoms with van der Waals surface area (Å²) in [7, 11) is 0. The summed E-state index contributed by atoms with van der Waals surface area (Å²) in [6.07, 6.45) is 2.15. The summed E-state index contributed by atoms with van der Waals surface area (Å²) in [5.41, 5.74) is 3.17. The van der Waals surface area contributed by atoms with Crippen LogP contribution in [0.5, 0.6) is 0 Å². The fraction of sp³-hybridized carbons (Fsp3) is 0.286. The minimum atomic E-state index is -0.309. The van der Waals surface area contributed by atoms with Crippen LogP contribution in [0.4, 0.5) is 0 Å². The zero-order chi connectivity index (χ0) is 20.3. The van der Waals surface area contributed by atoms with Crippen molar-refractivity contribution < 1.29 is 4.79 Å². The van der Waals surface area contributed by atoms with Gasteiger partial charge in [0, 0.05) is 10.0 Å². The summed E-state index contributed by atoms with van der Waals surface area (Å²) < 4.78 is 0. The minimum absolute atomic E-state index is 0.107. The van der Waals surface area contributed by atoms with E-state index in [-0.39, 0.29) is 16.6 Å². The van der Waals surface area contributed by atoms with E-state index in [2.05, 4.69) is 48.4 Å². The lowest BCUT2D eigenvalue weighted by molar-refractivity contribution is -0.118. The number of hydrogen-bond acceptors (Lipinski definition) is 4. The summed E-state index contributed by atoms with van der Waals surface area (Å²) in [5.74, 6) is -0.107. The molecule has 0 spiro atoms. The van der Waals surface area contributed by atoms with E-state index in [0.29, 0.717) is 21.6 Å². The SMILES string of the molecule is CC(C)(C)c1ccc(/C=N/N=C2\NC(=O)C(Cc3cc(Cl)ccc3Cl)S2)cc1. The minimum Gasteiger partial charge on any atom is -0.303 e. The van der Waals surface area contributed by atoms with Crippen LogP contribution in [0, 0.1) is 0 Å². The van der Waals surface area contributed by atoms with E-state index in [9.17, 15) is 4.79 Å². The molecule has 1 heterocycles. The number of carbonyl (C=O) groups excluding carboxylic acids is 1. The van der Waals surface area contributed by atoms with E-state index in [1.807, 2.05) is 12.1 Å². The van der Waals surface area contributed by atoms with Crippen LogP contribution >= 0.6 is 35.0 Å². The number of nitrogens with one attached hydrogen (secondary N) is 1. The Labute approximate surface area is 179 Å². The summed E-state index contributed by atoms with van der Waals surface area (Å²) in [5, 5.41) is 12.4. The van der Waals surface area contributed by atoms with Gasteiger partial charge in [-0.25, -0.2) is 0 Å². The highest BCUT2D eigenvalue weighted by Crippen LogP contribution is 2.28. The van der Waals surface area contributed by atoms with Gasteiger partial charge in [-0.1, -0.05) is 80.0 Å². The zero-order valence-corrected chi connectivity index (χ0v) is 18.2. The molecule has 1 aliphatic rings. The van der Waals surface area contributed by atoms with Gasteiger partial charge < -0.3 is 5.32 Å². The largest absolute Gasteiger partial charge is 0.303 e. The van der Waals surface area contributed by atoms with E-state index in [1.165, 1.54) is 17.3 Å². The van der Waals surface area contributed by atoms with Crippen molar-refractivity contribution >= 4 is 52.3 Å². The molecule has 1 amide bonds. The van der Waals surface area contributed by atoms with Crippen molar-refractivity contribution in [2.24, 2.45) is 10.2 Å². The predicted octanol–water partition coefficient (Wildman–Crippen LogP) is 5.46. The van der Waals surface area contributed by atoms with Gasteiger partial charge in [-0.15, -0.1) is 5.10 Å². The summed E-state index contributed by atoms with van der Waals surface area (Å²) >= 11 is 13.6. The predicted molar refractivity (Wildman–Crippen MR) is 120 cm³/mol. The Kier molecular flexibility index (Phi) is 6.48. The van der Waals surface area contributed by atoms with Crippen LogP contribution in [0.1, 0.15) is 37.5 Å². The first-order chi connectivity index (χ1) is 13.2. The van der Waals surface area contributed by atoms with Crippen LogP contribution in [0.3, 0.4) is 0 Å². The number of benzene rings is 2. The Morgan fingerprint density at radius 1 is 1.14 bits per heavy atom. The average Bonchev–Trinajstić information content (AvgIpc) is 2.97. The highest BCUT2D eigenvalue weighted by atomic mass is 35.5. The smallest absolute Gasteiger partial charge is 0.239 e. The van der Waals surface area contributed by atoms with Crippen molar-refractivity contribution in [3.05, 3.63) is 69.2 Å². The first-order valence-electron chi connectivity index (χ1n) is 8.85. The monoisotopic (exact) mass is 433 g/mol. The molecule has 1 atom stereocenters. The topological polar surface area (TPSA) is 53.8 Å². The fourth-order valence-electron chi connectivity index (χ4n) is 2.70. The second-order valence-electron chi connectivity index (χ2n) is 7.56. The Balaban J connectivity index is 1.63. The summed E-state index contributed by atoms with van der Waals surface area (Å²) in [6, 6.07) is 13.4. The molecule has 1 N–H and O–H groups in total. The average molecular weight is 434 g/mol. The quantitative estimate of drug-likeness (QED) is 0.514. The van der Waals surface area contributed by atoms with E-state index < -0.39 is 0 Å². The maximum absolute atomic E-state index is 12.2. The van der Waals surface area contributed by atoms with Gasteiger partial charge in [-0.05, 0) is 46.7 Å². The van der Waals surface area contributed by atoms with Gasteiger partial charge in [0.25, 0.3) is 0 Å². The van der Waals surface area contributed by atoms with Crippen LogP contribution in [-0.2, 0) is 16.6 Å². The third-order valence-corrected chi connectivity index (χ3v) is 6.00. The first-order valence-corrected chi connectivity index (χ1v) is 10.5. The Morgan fingerprint density at radius 2 is 1.86 bits per heavy atom. The second kappa shape index (κ2) is 8.68. The normalized spacial score (nSPS) is 18.8. The molecule has 0 aromatic heterocycles. The number of rotatable bonds is 4. The van der Waals surface area contributed by atoms with Gasteiger partial charge in [0.1, 0.15) is 0 Å².